The molecular weight excluding hydrogens is 288 g/mol. The SMILES string of the molecule is CN(C)C(=O)[C@@H]1CCCN1Cc1nc(-c2ccsc2)no1. The Kier molecular flexibility index (Phi) is 4.03. The fraction of sp³-hybridized carbons (Fsp3) is 0.500. The fourth-order valence-electron chi connectivity index (χ4n) is 2.59. The average Bonchev–Trinajstić information content (AvgIpc) is 3.19. The average molecular weight is 306 g/mol. The van der Waals surface area contributed by atoms with E-state index in [0.717, 1.165) is 24.9 Å². The van der Waals surface area contributed by atoms with E-state index >= 15 is 0 Å². The van der Waals surface area contributed by atoms with Crippen molar-refractivity contribution in [2.24, 2.45) is 0 Å². The normalized spacial score (nSPS) is 19.0. The largest absolute Gasteiger partial charge is 0.347 e. The maximum Gasteiger partial charge on any atom is 0.241 e. The molecule has 112 valence electrons. The summed E-state index contributed by atoms with van der Waals surface area (Å²) in [5.74, 6) is 1.32. The highest BCUT2D eigenvalue weighted by atomic mass is 32.1. The summed E-state index contributed by atoms with van der Waals surface area (Å²) in [5.41, 5.74) is 0.970. The van der Waals surface area contributed by atoms with Gasteiger partial charge in [-0.1, -0.05) is 5.16 Å². The van der Waals surface area contributed by atoms with Gasteiger partial charge in [-0.2, -0.15) is 16.3 Å². The Morgan fingerprint density at radius 2 is 2.43 bits per heavy atom. The molecule has 2 aromatic heterocycles. The number of hydrogen-bond donors (Lipinski definition) is 0. The van der Waals surface area contributed by atoms with Gasteiger partial charge in [0.15, 0.2) is 0 Å². The van der Waals surface area contributed by atoms with Crippen LogP contribution in [0.2, 0.25) is 0 Å². The molecule has 0 aliphatic carbocycles. The number of aromatic nitrogens is 2. The van der Waals surface area contributed by atoms with Gasteiger partial charge in [-0.05, 0) is 30.8 Å². The number of likely N-dealkylation sites (N-methyl/N-ethyl adjacent to an activating group) is 1. The zero-order chi connectivity index (χ0) is 14.8. The molecule has 0 N–H and O–H groups in total. The number of thiophene rings is 1. The summed E-state index contributed by atoms with van der Waals surface area (Å²) in [4.78, 5) is 20.3. The minimum atomic E-state index is -0.0727. The van der Waals surface area contributed by atoms with E-state index in [0.29, 0.717) is 18.3 Å². The topological polar surface area (TPSA) is 62.5 Å². The maximum atomic E-state index is 12.2. The molecule has 2 aromatic rings. The third-order valence-electron chi connectivity index (χ3n) is 3.68. The third kappa shape index (κ3) is 2.98. The molecule has 6 nitrogen and oxygen atoms in total. The number of nitrogens with zero attached hydrogens (tertiary/aromatic N) is 4. The number of carbonyl (C=O) groups excluding carboxylic acids is 1. The molecule has 1 aliphatic rings. The summed E-state index contributed by atoms with van der Waals surface area (Å²) < 4.78 is 5.32. The molecule has 1 fully saturated rings. The third-order valence-corrected chi connectivity index (χ3v) is 4.36. The summed E-state index contributed by atoms with van der Waals surface area (Å²) in [5, 5.41) is 7.98. The summed E-state index contributed by atoms with van der Waals surface area (Å²) in [6.07, 6.45) is 1.91. The number of hydrogen-bond acceptors (Lipinski definition) is 6. The minimum absolute atomic E-state index is 0.0727. The number of likely N-dealkylation sites (tertiary alicyclic amines) is 1. The van der Waals surface area contributed by atoms with Gasteiger partial charge >= 0.3 is 0 Å². The second-order valence-corrected chi connectivity index (χ2v) is 6.16. The van der Waals surface area contributed by atoms with Crippen LogP contribution in [-0.4, -0.2) is 52.5 Å². The van der Waals surface area contributed by atoms with Gasteiger partial charge in [0.05, 0.1) is 12.6 Å². The molecular formula is C14H18N4O2S. The first-order valence-corrected chi connectivity index (χ1v) is 7.90. The molecule has 3 heterocycles. The van der Waals surface area contributed by atoms with Crippen LogP contribution in [0.1, 0.15) is 18.7 Å². The van der Waals surface area contributed by atoms with Gasteiger partial charge in [-0.3, -0.25) is 9.69 Å². The quantitative estimate of drug-likeness (QED) is 0.862. The molecule has 0 radical (unpaired) electrons. The molecule has 1 atom stereocenters. The van der Waals surface area contributed by atoms with Crippen molar-refractivity contribution in [3.05, 3.63) is 22.7 Å². The van der Waals surface area contributed by atoms with Crippen LogP contribution in [0, 0.1) is 0 Å². The Morgan fingerprint density at radius 3 is 3.14 bits per heavy atom. The van der Waals surface area contributed by atoms with Gasteiger partial charge in [0, 0.05) is 25.0 Å². The lowest BCUT2D eigenvalue weighted by molar-refractivity contribution is -0.133. The first-order chi connectivity index (χ1) is 10.1. The molecule has 1 amide bonds. The molecule has 1 aliphatic heterocycles. The Balaban J connectivity index is 1.70. The first-order valence-electron chi connectivity index (χ1n) is 6.95. The van der Waals surface area contributed by atoms with Crippen molar-refractivity contribution in [2.45, 2.75) is 25.4 Å². The predicted molar refractivity (Wildman–Crippen MR) is 79.7 cm³/mol. The number of amides is 1. The molecule has 21 heavy (non-hydrogen) atoms. The monoisotopic (exact) mass is 306 g/mol. The summed E-state index contributed by atoms with van der Waals surface area (Å²) >= 11 is 1.60. The zero-order valence-electron chi connectivity index (χ0n) is 12.2. The van der Waals surface area contributed by atoms with E-state index in [1.165, 1.54) is 0 Å². The van der Waals surface area contributed by atoms with Crippen molar-refractivity contribution in [1.29, 1.82) is 0 Å². The van der Waals surface area contributed by atoms with Crippen LogP contribution in [0.25, 0.3) is 11.4 Å². The van der Waals surface area contributed by atoms with Crippen LogP contribution in [-0.2, 0) is 11.3 Å². The van der Waals surface area contributed by atoms with Gasteiger partial charge < -0.3 is 9.42 Å². The van der Waals surface area contributed by atoms with E-state index in [2.05, 4.69) is 15.0 Å². The highest BCUT2D eigenvalue weighted by Crippen LogP contribution is 2.23. The van der Waals surface area contributed by atoms with Crippen molar-refractivity contribution in [2.75, 3.05) is 20.6 Å². The molecule has 0 spiro atoms. The van der Waals surface area contributed by atoms with Crippen LogP contribution in [0.5, 0.6) is 0 Å². The molecule has 1 saturated heterocycles. The van der Waals surface area contributed by atoms with Crippen LogP contribution in [0.15, 0.2) is 21.3 Å². The smallest absolute Gasteiger partial charge is 0.241 e. The molecule has 3 rings (SSSR count). The first kappa shape index (κ1) is 14.2. The van der Waals surface area contributed by atoms with E-state index in [1.807, 2.05) is 16.8 Å². The molecule has 0 aromatic carbocycles. The standard InChI is InChI=1S/C14H18N4O2S/c1-17(2)14(19)11-4-3-6-18(11)8-12-15-13(16-20-12)10-5-7-21-9-10/h5,7,9,11H,3-4,6,8H2,1-2H3/t11-/m0/s1. The van der Waals surface area contributed by atoms with Gasteiger partial charge in [0.1, 0.15) is 0 Å². The van der Waals surface area contributed by atoms with Crippen LogP contribution >= 0.6 is 11.3 Å². The molecule has 0 bridgehead atoms. The molecule has 7 heteroatoms. The summed E-state index contributed by atoms with van der Waals surface area (Å²) in [7, 11) is 3.58. The van der Waals surface area contributed by atoms with E-state index in [9.17, 15) is 4.79 Å². The predicted octanol–water partition coefficient (Wildman–Crippen LogP) is 1.85. The van der Waals surface area contributed by atoms with Gasteiger partial charge in [-0.25, -0.2) is 0 Å². The minimum Gasteiger partial charge on any atom is -0.347 e. The summed E-state index contributed by atoms with van der Waals surface area (Å²) in [6.45, 7) is 1.42. The highest BCUT2D eigenvalue weighted by molar-refractivity contribution is 7.08. The van der Waals surface area contributed by atoms with Crippen molar-refractivity contribution >= 4 is 17.2 Å². The lowest BCUT2D eigenvalue weighted by atomic mass is 10.2. The van der Waals surface area contributed by atoms with Gasteiger partial charge in [-0.15, -0.1) is 0 Å². The second kappa shape index (κ2) is 5.95. The Hall–Kier alpha value is -1.73. The Labute approximate surface area is 127 Å². The van der Waals surface area contributed by atoms with E-state index in [-0.39, 0.29) is 11.9 Å². The van der Waals surface area contributed by atoms with Crippen molar-refractivity contribution in [1.82, 2.24) is 19.9 Å². The maximum absolute atomic E-state index is 12.2. The van der Waals surface area contributed by atoms with E-state index in [1.54, 1.807) is 30.3 Å². The van der Waals surface area contributed by atoms with Crippen LogP contribution < -0.4 is 0 Å². The van der Waals surface area contributed by atoms with Crippen LogP contribution in [0.4, 0.5) is 0 Å². The van der Waals surface area contributed by atoms with Crippen molar-refractivity contribution in [3.8, 4) is 11.4 Å². The van der Waals surface area contributed by atoms with Crippen LogP contribution in [0.3, 0.4) is 0 Å². The highest BCUT2D eigenvalue weighted by Gasteiger charge is 2.32. The molecule has 0 saturated carbocycles. The number of carbonyl (C=O) groups is 1. The van der Waals surface area contributed by atoms with Gasteiger partial charge in [0.2, 0.25) is 17.6 Å². The lowest BCUT2D eigenvalue weighted by Gasteiger charge is -2.24. The van der Waals surface area contributed by atoms with E-state index in [4.69, 9.17) is 4.52 Å². The van der Waals surface area contributed by atoms with Crippen molar-refractivity contribution < 1.29 is 9.32 Å². The van der Waals surface area contributed by atoms with Crippen molar-refractivity contribution in [3.63, 3.8) is 0 Å². The van der Waals surface area contributed by atoms with E-state index < -0.39 is 0 Å². The molecule has 0 unspecified atom stereocenters. The summed E-state index contributed by atoms with van der Waals surface area (Å²) in [6, 6.07) is 1.89. The lowest BCUT2D eigenvalue weighted by Crippen LogP contribution is -2.42. The zero-order valence-corrected chi connectivity index (χ0v) is 13.0. The van der Waals surface area contributed by atoms with Gasteiger partial charge in [0.25, 0.3) is 0 Å². The Morgan fingerprint density at radius 1 is 1.57 bits per heavy atom. The second-order valence-electron chi connectivity index (χ2n) is 5.38. The Bertz CT molecular complexity index is 608. The number of rotatable bonds is 4. The fourth-order valence-corrected chi connectivity index (χ4v) is 3.23.